The summed E-state index contributed by atoms with van der Waals surface area (Å²) in [6, 6.07) is 3.74. The zero-order valence-electron chi connectivity index (χ0n) is 12.0. The van der Waals surface area contributed by atoms with Gasteiger partial charge in [-0.25, -0.2) is 0 Å². The minimum atomic E-state index is -0.573. The first kappa shape index (κ1) is 15.6. The Hall–Kier alpha value is -1.46. The van der Waals surface area contributed by atoms with Gasteiger partial charge in [-0.2, -0.15) is 0 Å². The summed E-state index contributed by atoms with van der Waals surface area (Å²) in [5, 5.41) is 12.8. The number of aryl methyl sites for hydroxylation is 1. The maximum atomic E-state index is 9.75. The van der Waals surface area contributed by atoms with E-state index in [-0.39, 0.29) is 6.61 Å². The monoisotopic (exact) mass is 269 g/mol. The van der Waals surface area contributed by atoms with E-state index in [1.54, 1.807) is 14.2 Å². The maximum absolute atomic E-state index is 9.75. The zero-order valence-corrected chi connectivity index (χ0v) is 12.0. The molecule has 1 atom stereocenters. The van der Waals surface area contributed by atoms with E-state index in [1.165, 1.54) is 0 Å². The molecule has 0 aromatic heterocycles. The molecule has 1 aromatic carbocycles. The third-order valence-corrected chi connectivity index (χ3v) is 2.65. The van der Waals surface area contributed by atoms with Crippen molar-refractivity contribution in [3.05, 3.63) is 17.7 Å². The number of methoxy groups -OCH3 is 2. The third kappa shape index (κ3) is 4.61. The third-order valence-electron chi connectivity index (χ3n) is 2.65. The summed E-state index contributed by atoms with van der Waals surface area (Å²) in [6.07, 6.45) is -0.573. The normalized spacial score (nSPS) is 12.1. The largest absolute Gasteiger partial charge is 0.493 e. The van der Waals surface area contributed by atoms with E-state index in [2.05, 4.69) is 5.32 Å². The molecule has 0 saturated heterocycles. The van der Waals surface area contributed by atoms with E-state index >= 15 is 0 Å². The minimum absolute atomic E-state index is 0.183. The molecule has 19 heavy (non-hydrogen) atoms. The van der Waals surface area contributed by atoms with Crippen molar-refractivity contribution >= 4 is 0 Å². The highest BCUT2D eigenvalue weighted by Gasteiger charge is 2.14. The van der Waals surface area contributed by atoms with Crippen LogP contribution in [0.2, 0.25) is 0 Å². The molecular formula is C14H23NO4. The molecule has 5 heteroatoms. The van der Waals surface area contributed by atoms with Gasteiger partial charge in [-0.3, -0.25) is 0 Å². The second kappa shape index (κ2) is 7.86. The molecule has 108 valence electrons. The lowest BCUT2D eigenvalue weighted by Gasteiger charge is -2.17. The van der Waals surface area contributed by atoms with Crippen molar-refractivity contribution in [3.63, 3.8) is 0 Å². The summed E-state index contributed by atoms with van der Waals surface area (Å²) in [5.74, 6) is 1.73. The molecule has 0 aliphatic carbocycles. The van der Waals surface area contributed by atoms with Crippen molar-refractivity contribution in [2.24, 2.45) is 0 Å². The smallest absolute Gasteiger partial charge is 0.203 e. The topological polar surface area (TPSA) is 60.0 Å². The molecular weight excluding hydrogens is 246 g/mol. The number of likely N-dealkylation sites (N-methyl/N-ethyl adjacent to an activating group) is 1. The lowest BCUT2D eigenvalue weighted by Crippen LogP contribution is -2.31. The Morgan fingerprint density at radius 1 is 1.21 bits per heavy atom. The highest BCUT2D eigenvalue weighted by atomic mass is 16.5. The lowest BCUT2D eigenvalue weighted by molar-refractivity contribution is 0.103. The first-order valence-electron chi connectivity index (χ1n) is 6.36. The average Bonchev–Trinajstić information content (AvgIpc) is 2.42. The number of hydrogen-bond donors (Lipinski definition) is 2. The van der Waals surface area contributed by atoms with Crippen LogP contribution in [0.5, 0.6) is 17.2 Å². The van der Waals surface area contributed by atoms with Crippen molar-refractivity contribution in [1.82, 2.24) is 5.32 Å². The molecule has 1 rings (SSSR count). The van der Waals surface area contributed by atoms with Crippen LogP contribution in [0.1, 0.15) is 12.5 Å². The van der Waals surface area contributed by atoms with Crippen LogP contribution in [0, 0.1) is 6.92 Å². The molecule has 0 bridgehead atoms. The Morgan fingerprint density at radius 2 is 1.79 bits per heavy atom. The molecule has 0 heterocycles. The molecule has 2 N–H and O–H groups in total. The summed E-state index contributed by atoms with van der Waals surface area (Å²) in [4.78, 5) is 0. The van der Waals surface area contributed by atoms with Crippen LogP contribution in [0.4, 0.5) is 0 Å². The van der Waals surface area contributed by atoms with Gasteiger partial charge in [0.2, 0.25) is 5.75 Å². The Morgan fingerprint density at radius 3 is 2.26 bits per heavy atom. The minimum Gasteiger partial charge on any atom is -0.493 e. The van der Waals surface area contributed by atoms with Gasteiger partial charge in [-0.1, -0.05) is 6.92 Å². The average molecular weight is 269 g/mol. The van der Waals surface area contributed by atoms with Gasteiger partial charge in [0.1, 0.15) is 12.7 Å². The maximum Gasteiger partial charge on any atom is 0.203 e. The predicted molar refractivity (Wildman–Crippen MR) is 74.3 cm³/mol. The van der Waals surface area contributed by atoms with E-state index in [0.29, 0.717) is 23.8 Å². The van der Waals surface area contributed by atoms with Crippen LogP contribution in [0.15, 0.2) is 12.1 Å². The predicted octanol–water partition coefficient (Wildman–Crippen LogP) is 1.36. The molecule has 0 fully saturated rings. The summed E-state index contributed by atoms with van der Waals surface area (Å²) in [6.45, 7) is 5.43. The number of ether oxygens (including phenoxy) is 3. The second-order valence-electron chi connectivity index (χ2n) is 4.27. The van der Waals surface area contributed by atoms with Crippen molar-refractivity contribution < 1.29 is 19.3 Å². The highest BCUT2D eigenvalue weighted by Crippen LogP contribution is 2.38. The number of benzene rings is 1. The first-order chi connectivity index (χ1) is 9.12. The van der Waals surface area contributed by atoms with Gasteiger partial charge in [0.15, 0.2) is 11.5 Å². The van der Waals surface area contributed by atoms with E-state index < -0.39 is 6.10 Å². The molecule has 0 spiro atoms. The van der Waals surface area contributed by atoms with Gasteiger partial charge < -0.3 is 24.6 Å². The van der Waals surface area contributed by atoms with Crippen LogP contribution < -0.4 is 19.5 Å². The van der Waals surface area contributed by atoms with Gasteiger partial charge >= 0.3 is 0 Å². The van der Waals surface area contributed by atoms with Crippen molar-refractivity contribution in [3.8, 4) is 17.2 Å². The lowest BCUT2D eigenvalue weighted by atomic mass is 10.2. The van der Waals surface area contributed by atoms with Crippen LogP contribution in [0.3, 0.4) is 0 Å². The van der Waals surface area contributed by atoms with Gasteiger partial charge in [0, 0.05) is 6.54 Å². The Labute approximate surface area is 114 Å². The van der Waals surface area contributed by atoms with Crippen LogP contribution in [-0.2, 0) is 0 Å². The fourth-order valence-corrected chi connectivity index (χ4v) is 1.70. The molecule has 0 aliphatic heterocycles. The number of rotatable bonds is 8. The Bertz CT molecular complexity index is 370. The van der Waals surface area contributed by atoms with Crippen molar-refractivity contribution in [1.29, 1.82) is 0 Å². The van der Waals surface area contributed by atoms with Crippen LogP contribution in [-0.4, -0.2) is 45.1 Å². The quantitative estimate of drug-likeness (QED) is 0.746. The Balaban J connectivity index is 2.75. The van der Waals surface area contributed by atoms with Crippen LogP contribution >= 0.6 is 0 Å². The number of aliphatic hydroxyl groups is 1. The van der Waals surface area contributed by atoms with E-state index in [9.17, 15) is 5.11 Å². The molecule has 5 nitrogen and oxygen atoms in total. The number of hydrogen-bond acceptors (Lipinski definition) is 5. The SMILES string of the molecule is CCNCC(O)COc1c(OC)cc(C)cc1OC. The van der Waals surface area contributed by atoms with E-state index in [1.807, 2.05) is 26.0 Å². The van der Waals surface area contributed by atoms with E-state index in [0.717, 1.165) is 12.1 Å². The number of nitrogens with one attached hydrogen (secondary N) is 1. The molecule has 1 aromatic rings. The summed E-state index contributed by atoms with van der Waals surface area (Å²) in [5.41, 5.74) is 1.02. The first-order valence-corrected chi connectivity index (χ1v) is 6.36. The van der Waals surface area contributed by atoms with Crippen molar-refractivity contribution in [2.75, 3.05) is 33.9 Å². The van der Waals surface area contributed by atoms with Gasteiger partial charge in [0.25, 0.3) is 0 Å². The van der Waals surface area contributed by atoms with Gasteiger partial charge in [-0.15, -0.1) is 0 Å². The Kier molecular flexibility index (Phi) is 6.45. The number of aliphatic hydroxyl groups excluding tert-OH is 1. The summed E-state index contributed by atoms with van der Waals surface area (Å²) in [7, 11) is 3.16. The standard InChI is InChI=1S/C14H23NO4/c1-5-15-8-11(16)9-19-14-12(17-3)6-10(2)7-13(14)18-4/h6-7,11,15-16H,5,8-9H2,1-4H3. The molecule has 0 aliphatic rings. The summed E-state index contributed by atoms with van der Waals surface area (Å²) >= 11 is 0. The molecule has 1 unspecified atom stereocenters. The molecule has 0 amide bonds. The van der Waals surface area contributed by atoms with Gasteiger partial charge in [0.05, 0.1) is 14.2 Å². The van der Waals surface area contributed by atoms with Crippen molar-refractivity contribution in [2.45, 2.75) is 20.0 Å². The fourth-order valence-electron chi connectivity index (χ4n) is 1.70. The highest BCUT2D eigenvalue weighted by molar-refractivity contribution is 5.53. The summed E-state index contributed by atoms with van der Waals surface area (Å²) < 4.78 is 16.2. The molecule has 0 saturated carbocycles. The van der Waals surface area contributed by atoms with Crippen LogP contribution in [0.25, 0.3) is 0 Å². The fraction of sp³-hybridized carbons (Fsp3) is 0.571. The van der Waals surface area contributed by atoms with Gasteiger partial charge in [-0.05, 0) is 31.2 Å². The zero-order chi connectivity index (χ0) is 14.3. The molecule has 0 radical (unpaired) electrons. The second-order valence-corrected chi connectivity index (χ2v) is 4.27. The van der Waals surface area contributed by atoms with E-state index in [4.69, 9.17) is 14.2 Å².